The molecule has 107 heavy (non-hydrogen) atoms. The average molecular weight is 1620 g/mol. The van der Waals surface area contributed by atoms with Crippen LogP contribution in [-0.2, 0) is 65.3 Å². The highest BCUT2D eigenvalue weighted by atomic mass is 35.5. The van der Waals surface area contributed by atoms with Crippen LogP contribution in [0.3, 0.4) is 0 Å². The number of esters is 2. The van der Waals surface area contributed by atoms with Gasteiger partial charge >= 0.3 is 17.9 Å². The van der Waals surface area contributed by atoms with Crippen molar-refractivity contribution in [2.45, 2.75) is 187 Å². The lowest BCUT2D eigenvalue weighted by Crippen LogP contribution is -2.29. The number of aromatic amines is 1. The van der Waals surface area contributed by atoms with E-state index in [9.17, 15) is 19.5 Å². The number of halogens is 5. The molecule has 0 spiro atoms. The van der Waals surface area contributed by atoms with Gasteiger partial charge in [-0.2, -0.15) is 50.7 Å². The molecule has 19 nitrogen and oxygen atoms in total. The molecule has 2 N–H and O–H groups in total. The van der Waals surface area contributed by atoms with E-state index < -0.39 is 53.0 Å². The van der Waals surface area contributed by atoms with Crippen LogP contribution in [0.2, 0.25) is 25.4 Å². The van der Waals surface area contributed by atoms with Gasteiger partial charge in [0.05, 0.1) is 55.5 Å². The second-order valence-corrected chi connectivity index (χ2v) is 31.3. The topological polar surface area (TPSA) is 218 Å². The predicted molar refractivity (Wildman–Crippen MR) is 447 cm³/mol. The second kappa shape index (κ2) is 34.9. The molecule has 0 saturated carbocycles. The first-order valence-electron chi connectivity index (χ1n) is 34.0. The minimum absolute atomic E-state index is 0. The summed E-state index contributed by atoms with van der Waals surface area (Å²) < 4.78 is 36.6. The van der Waals surface area contributed by atoms with Crippen LogP contribution < -0.4 is 0 Å². The Balaban J connectivity index is 0.000000250. The first-order valence-corrected chi connectivity index (χ1v) is 35.9. The molecule has 0 radical (unpaired) electrons. The summed E-state index contributed by atoms with van der Waals surface area (Å²) in [5, 5.41) is 25.1. The van der Waals surface area contributed by atoms with Crippen LogP contribution in [0.25, 0.3) is 66.5 Å². The maximum atomic E-state index is 13.2. The molecule has 0 fully saturated rings. The molecule has 0 amide bonds. The maximum Gasteiger partial charge on any atom is 0.339 e. The summed E-state index contributed by atoms with van der Waals surface area (Å²) in [6.45, 7) is 39.8. The quantitative estimate of drug-likeness (QED) is 0.0861. The summed E-state index contributed by atoms with van der Waals surface area (Å²) in [4.78, 5) is 56.7. The number of fused-ring (bicyclic) bond motifs is 3. The van der Waals surface area contributed by atoms with Crippen molar-refractivity contribution in [3.63, 3.8) is 0 Å². The molecule has 8 aromatic heterocycles. The van der Waals surface area contributed by atoms with Gasteiger partial charge in [-0.1, -0.05) is 94.4 Å². The van der Waals surface area contributed by atoms with Gasteiger partial charge in [0, 0.05) is 124 Å². The number of ether oxygens (including phenoxy) is 5. The summed E-state index contributed by atoms with van der Waals surface area (Å²) in [5.41, 5.74) is 19.4. The molecule has 3 aromatic carbocycles. The van der Waals surface area contributed by atoms with E-state index in [1.807, 2.05) is 199 Å². The van der Waals surface area contributed by atoms with Gasteiger partial charge in [0.15, 0.2) is 18.3 Å². The number of H-pyrrole nitrogens is 1. The fraction of sp³-hybridized carbons (Fsp3) is 0.400. The Morgan fingerprint density at radius 2 is 0.748 bits per heavy atom. The number of aryl methyl sites for hydroxylation is 11. The summed E-state index contributed by atoms with van der Waals surface area (Å²) in [7, 11) is 6.40. The highest BCUT2D eigenvalue weighted by Crippen LogP contribution is 2.47. The molecule has 0 aliphatic carbocycles. The van der Waals surface area contributed by atoms with E-state index in [1.165, 1.54) is 14.2 Å². The minimum Gasteiger partial charge on any atom is -0.479 e. The number of carbonyl (C=O) groups excluding carboxylic acids is 2. The number of hydrogen-bond donors (Lipinski definition) is 2. The molecule has 3 atom stereocenters. The van der Waals surface area contributed by atoms with Crippen molar-refractivity contribution in [1.29, 1.82) is 0 Å². The normalized spacial score (nSPS) is 12.5. The summed E-state index contributed by atoms with van der Waals surface area (Å²) in [6.07, 6.45) is -3.08. The van der Waals surface area contributed by atoms with Gasteiger partial charge in [0.1, 0.15) is 27.2 Å². The van der Waals surface area contributed by atoms with Gasteiger partial charge in [-0.25, -0.2) is 29.3 Å². The SMILES string of the molecule is COC(=O)[C@@H](OC(C)(C)C)c1c(C)nc2[nH]c(C)c(C)c2c1-c1ccc(Cl)cc1.COC(=O)[C@@H](OC(C)(C)C)c1c(C)nc2c(c(C)c(C)n2Cc2c(C)nn(C)c2Cl)c1-c1ccc(Cl)cc1.Cc1nn(C)c(Cl)c1Cn1c(C)c(C)c2c(-c3ccc(Cl)cc3)c([C@H](OC(C)(C)C)C(=O)O)c(C)nc21.S.S.S. The van der Waals surface area contributed by atoms with Crippen molar-refractivity contribution >= 4 is 149 Å². The summed E-state index contributed by atoms with van der Waals surface area (Å²) in [6, 6.07) is 22.6. The van der Waals surface area contributed by atoms with E-state index in [2.05, 4.69) is 38.2 Å². The number of aliphatic carboxylic acids is 1. The fourth-order valence-electron chi connectivity index (χ4n) is 13.3. The third-order valence-electron chi connectivity index (χ3n) is 18.5. The number of benzene rings is 3. The number of aromatic nitrogens is 10. The van der Waals surface area contributed by atoms with Crippen molar-refractivity contribution < 1.29 is 43.2 Å². The van der Waals surface area contributed by atoms with Gasteiger partial charge in [-0.15, -0.1) is 0 Å². The zero-order valence-electron chi connectivity index (χ0n) is 65.2. The van der Waals surface area contributed by atoms with Crippen molar-refractivity contribution in [3.8, 4) is 33.4 Å². The minimum atomic E-state index is -1.21. The van der Waals surface area contributed by atoms with Crippen molar-refractivity contribution in [1.82, 2.24) is 48.6 Å². The number of nitrogens with zero attached hydrogens (tertiary/aromatic N) is 9. The van der Waals surface area contributed by atoms with Gasteiger partial charge < -0.3 is 42.9 Å². The zero-order chi connectivity index (χ0) is 77.0. The molecule has 0 unspecified atom stereocenters. The Kier molecular flexibility index (Phi) is 29.0. The number of nitrogens with one attached hydrogen (secondary N) is 1. The average Bonchev–Trinajstić information content (AvgIpc) is 1.65. The van der Waals surface area contributed by atoms with Crippen LogP contribution in [0, 0.1) is 76.2 Å². The molecule has 27 heteroatoms. The van der Waals surface area contributed by atoms with Gasteiger partial charge in [0.2, 0.25) is 0 Å². The fourth-order valence-corrected chi connectivity index (χ4v) is 14.1. The summed E-state index contributed by atoms with van der Waals surface area (Å²) >= 11 is 31.8. The number of carboxylic acid groups (broad SMARTS) is 1. The number of methoxy groups -OCH3 is 2. The first-order chi connectivity index (χ1) is 48.5. The largest absolute Gasteiger partial charge is 0.479 e. The van der Waals surface area contributed by atoms with Crippen LogP contribution in [-0.4, -0.2) is 103 Å². The Labute approximate surface area is 673 Å². The number of carbonyl (C=O) groups is 3. The Morgan fingerprint density at radius 3 is 1.04 bits per heavy atom. The summed E-state index contributed by atoms with van der Waals surface area (Å²) in [5.74, 6) is -2.00. The van der Waals surface area contributed by atoms with Crippen LogP contribution in [0.4, 0.5) is 0 Å². The van der Waals surface area contributed by atoms with Gasteiger partial charge in [-0.3, -0.25) is 9.36 Å². The molecule has 0 aliphatic heterocycles. The monoisotopic (exact) mass is 1610 g/mol. The van der Waals surface area contributed by atoms with Crippen LogP contribution in [0.5, 0.6) is 0 Å². The van der Waals surface area contributed by atoms with E-state index in [1.54, 1.807) is 21.5 Å². The number of pyridine rings is 3. The first kappa shape index (κ1) is 88.8. The third-order valence-corrected chi connectivity index (χ3v) is 20.2. The van der Waals surface area contributed by atoms with E-state index >= 15 is 0 Å². The van der Waals surface area contributed by atoms with Crippen molar-refractivity contribution in [2.24, 2.45) is 14.1 Å². The van der Waals surface area contributed by atoms with Crippen LogP contribution in [0.1, 0.15) is 171 Å². The molecule has 0 bridgehead atoms. The molecule has 11 aromatic rings. The second-order valence-electron chi connectivity index (χ2n) is 29.2. The molecular formula is C80H99Cl5N10O9S3. The lowest BCUT2D eigenvalue weighted by atomic mass is 9.91. The standard InChI is InChI=1S/C29H34Cl2N4O3.C28H32Cl2N4O3.C23H27ClN2O3.3H2S/c1-15-18(4)35(14-21-16(2)33-34(8)26(21)31)27-22(15)24(19-10-12-20(30)13-11-19)23(17(3)32-27)25(28(36)37-9)38-29(5,6)7;1-14-17(4)34(13-20-15(2)32-33(8)25(20)30)26-21(14)23(18-9-11-19(29)12-10-18)22(16(3)31-26)24(27(35)36)37-28(5,6)7;1-12-13(2)25-21-17(12)19(15-8-10-16(24)11-9-15)18(14(3)26-21)20(22(27)28-7)29-23(4,5)6;;;/h10-13,25H,14H2,1-9H3;9-12,24H,13H2,1-8H3,(H,35,36);8-11,20H,1-7H3,(H,25,26);3*1H2/t25-;24-;20-;;;/m000.../s1. The Morgan fingerprint density at radius 1 is 0.449 bits per heavy atom. The van der Waals surface area contributed by atoms with E-state index in [-0.39, 0.29) is 40.5 Å². The Hall–Kier alpha value is -7.06. The molecule has 576 valence electrons. The predicted octanol–water partition coefficient (Wildman–Crippen LogP) is 20.2. The van der Waals surface area contributed by atoms with E-state index in [0.29, 0.717) is 72.2 Å². The zero-order valence-corrected chi connectivity index (χ0v) is 72.0. The van der Waals surface area contributed by atoms with Crippen LogP contribution in [0.15, 0.2) is 72.8 Å². The molecular weight excluding hydrogens is 1520 g/mol. The van der Waals surface area contributed by atoms with Gasteiger partial charge in [0.25, 0.3) is 0 Å². The molecule has 0 saturated heterocycles. The number of rotatable bonds is 16. The maximum absolute atomic E-state index is 13.2. The highest BCUT2D eigenvalue weighted by Gasteiger charge is 2.38. The lowest BCUT2D eigenvalue weighted by Gasteiger charge is -2.29. The van der Waals surface area contributed by atoms with Crippen LogP contribution >= 0.6 is 98.5 Å². The van der Waals surface area contributed by atoms with Crippen molar-refractivity contribution in [2.75, 3.05) is 14.2 Å². The molecule has 8 heterocycles. The van der Waals surface area contributed by atoms with Crippen molar-refractivity contribution in [3.05, 3.63) is 188 Å². The lowest BCUT2D eigenvalue weighted by molar-refractivity contribution is -0.164. The smallest absolute Gasteiger partial charge is 0.339 e. The van der Waals surface area contributed by atoms with E-state index in [4.69, 9.17) is 96.6 Å². The van der Waals surface area contributed by atoms with Gasteiger partial charge in [-0.05, 0) is 208 Å². The van der Waals surface area contributed by atoms with E-state index in [0.717, 1.165) is 123 Å². The highest BCUT2D eigenvalue weighted by molar-refractivity contribution is 7.59. The molecule has 11 rings (SSSR count). The molecule has 0 aliphatic rings. The number of carboxylic acids is 1. The third kappa shape index (κ3) is 18.9. The number of hydrogen-bond acceptors (Lipinski definition) is 13. The Bertz CT molecular complexity index is 5120.